The largest absolute Gasteiger partial charge is 0.390 e. The van der Waals surface area contributed by atoms with E-state index >= 15 is 0 Å². The number of rotatable bonds is 6. The van der Waals surface area contributed by atoms with E-state index in [1.54, 1.807) is 0 Å². The van der Waals surface area contributed by atoms with Gasteiger partial charge in [0.15, 0.2) is 0 Å². The van der Waals surface area contributed by atoms with Crippen LogP contribution < -0.4 is 0 Å². The smallest absolute Gasteiger partial charge is 0.111 e. The van der Waals surface area contributed by atoms with E-state index in [4.69, 9.17) is 0 Å². The van der Waals surface area contributed by atoms with Crippen LogP contribution in [0.15, 0.2) is 42.5 Å². The highest BCUT2D eigenvalue weighted by atomic mass is 16.3. The van der Waals surface area contributed by atoms with Gasteiger partial charge >= 0.3 is 0 Å². The van der Waals surface area contributed by atoms with Crippen LogP contribution in [0.4, 0.5) is 0 Å². The van der Waals surface area contributed by atoms with Gasteiger partial charge in [0, 0.05) is 0 Å². The zero-order valence-corrected chi connectivity index (χ0v) is 11.2. The lowest BCUT2D eigenvalue weighted by molar-refractivity contribution is 0.275. The summed E-state index contributed by atoms with van der Waals surface area (Å²) < 4.78 is 1.83. The van der Waals surface area contributed by atoms with E-state index in [-0.39, 0.29) is 6.61 Å². The van der Waals surface area contributed by atoms with Gasteiger partial charge in [-0.3, -0.25) is 0 Å². The highest BCUT2D eigenvalue weighted by Gasteiger charge is 2.12. The molecule has 4 heteroatoms. The van der Waals surface area contributed by atoms with Gasteiger partial charge in [0.2, 0.25) is 0 Å². The van der Waals surface area contributed by atoms with Crippen molar-refractivity contribution in [3.63, 3.8) is 0 Å². The fourth-order valence-electron chi connectivity index (χ4n) is 2.06. The zero-order valence-electron chi connectivity index (χ0n) is 11.2. The first-order valence-electron chi connectivity index (χ1n) is 6.41. The molecule has 1 heterocycles. The monoisotopic (exact) mass is 257 g/mol. The van der Waals surface area contributed by atoms with E-state index in [9.17, 15) is 5.11 Å². The standard InChI is InChI=1S/C15H19N3O/c1-12(2)10-18-15(14(11-19)16-17-18)9-8-13-6-4-3-5-7-13/h3-7,19H,1,8-11H2,2H3. The summed E-state index contributed by atoms with van der Waals surface area (Å²) in [7, 11) is 0. The first kappa shape index (κ1) is 13.5. The molecule has 0 spiro atoms. The van der Waals surface area contributed by atoms with E-state index in [0.717, 1.165) is 24.1 Å². The van der Waals surface area contributed by atoms with Crippen molar-refractivity contribution in [2.75, 3.05) is 0 Å². The summed E-state index contributed by atoms with van der Waals surface area (Å²) in [4.78, 5) is 0. The van der Waals surface area contributed by atoms with Gasteiger partial charge in [-0.2, -0.15) is 0 Å². The first-order chi connectivity index (χ1) is 9.20. The molecule has 0 bridgehead atoms. The van der Waals surface area contributed by atoms with Crippen LogP contribution in [0.25, 0.3) is 0 Å². The summed E-state index contributed by atoms with van der Waals surface area (Å²) in [5, 5.41) is 17.4. The average Bonchev–Trinajstić information content (AvgIpc) is 2.79. The average molecular weight is 257 g/mol. The summed E-state index contributed by atoms with van der Waals surface area (Å²) in [5.41, 5.74) is 3.95. The van der Waals surface area contributed by atoms with Crippen LogP contribution in [-0.2, 0) is 26.0 Å². The molecule has 2 aromatic rings. The minimum absolute atomic E-state index is 0.0691. The third kappa shape index (κ3) is 3.51. The lowest BCUT2D eigenvalue weighted by Gasteiger charge is -2.07. The molecule has 0 saturated carbocycles. The number of hydrogen-bond acceptors (Lipinski definition) is 3. The summed E-state index contributed by atoms with van der Waals surface area (Å²) >= 11 is 0. The molecule has 19 heavy (non-hydrogen) atoms. The number of aliphatic hydroxyl groups is 1. The van der Waals surface area contributed by atoms with Crippen LogP contribution >= 0.6 is 0 Å². The minimum atomic E-state index is -0.0691. The molecule has 0 radical (unpaired) electrons. The molecule has 2 rings (SSSR count). The maximum Gasteiger partial charge on any atom is 0.111 e. The van der Waals surface area contributed by atoms with Gasteiger partial charge in [-0.25, -0.2) is 4.68 Å². The number of allylic oxidation sites excluding steroid dienone is 1. The van der Waals surface area contributed by atoms with E-state index in [1.807, 2.05) is 29.8 Å². The van der Waals surface area contributed by atoms with Crippen LogP contribution in [0, 0.1) is 0 Å². The Morgan fingerprint density at radius 2 is 2.00 bits per heavy atom. The molecule has 0 amide bonds. The van der Waals surface area contributed by atoms with Gasteiger partial charge < -0.3 is 5.11 Å². The van der Waals surface area contributed by atoms with Crippen LogP contribution in [-0.4, -0.2) is 20.1 Å². The molecule has 1 N–H and O–H groups in total. The van der Waals surface area contributed by atoms with Gasteiger partial charge in [0.05, 0.1) is 18.8 Å². The van der Waals surface area contributed by atoms with Gasteiger partial charge in [-0.1, -0.05) is 47.7 Å². The number of hydrogen-bond donors (Lipinski definition) is 1. The topological polar surface area (TPSA) is 50.9 Å². The second-order valence-corrected chi connectivity index (χ2v) is 4.74. The molecule has 1 aromatic heterocycles. The Kier molecular flexibility index (Phi) is 4.47. The Balaban J connectivity index is 2.13. The van der Waals surface area contributed by atoms with Crippen molar-refractivity contribution in [1.29, 1.82) is 0 Å². The molecule has 0 unspecified atom stereocenters. The number of aromatic nitrogens is 3. The highest BCUT2D eigenvalue weighted by Crippen LogP contribution is 2.12. The van der Waals surface area contributed by atoms with E-state index in [1.165, 1.54) is 5.56 Å². The minimum Gasteiger partial charge on any atom is -0.390 e. The predicted molar refractivity (Wildman–Crippen MR) is 74.6 cm³/mol. The Morgan fingerprint density at radius 3 is 2.63 bits per heavy atom. The third-order valence-electron chi connectivity index (χ3n) is 2.98. The fourth-order valence-corrected chi connectivity index (χ4v) is 2.06. The molecule has 1 aromatic carbocycles. The van der Waals surface area contributed by atoms with Crippen molar-refractivity contribution in [3.05, 3.63) is 59.4 Å². The summed E-state index contributed by atoms with van der Waals surface area (Å²) in [6, 6.07) is 10.3. The van der Waals surface area contributed by atoms with Crippen LogP contribution in [0.5, 0.6) is 0 Å². The highest BCUT2D eigenvalue weighted by molar-refractivity contribution is 5.18. The van der Waals surface area contributed by atoms with Gasteiger partial charge in [0.25, 0.3) is 0 Å². The Bertz CT molecular complexity index is 546. The predicted octanol–water partition coefficient (Wildman–Crippen LogP) is 2.13. The van der Waals surface area contributed by atoms with E-state index < -0.39 is 0 Å². The Morgan fingerprint density at radius 1 is 1.26 bits per heavy atom. The second kappa shape index (κ2) is 6.29. The molecular weight excluding hydrogens is 238 g/mol. The van der Waals surface area contributed by atoms with Crippen LogP contribution in [0.2, 0.25) is 0 Å². The summed E-state index contributed by atoms with van der Waals surface area (Å²) in [6.45, 7) is 6.43. The number of nitrogens with zero attached hydrogens (tertiary/aromatic N) is 3. The quantitative estimate of drug-likeness (QED) is 0.807. The maximum atomic E-state index is 9.32. The number of aliphatic hydroxyl groups excluding tert-OH is 1. The molecule has 4 nitrogen and oxygen atoms in total. The van der Waals surface area contributed by atoms with E-state index in [0.29, 0.717) is 12.2 Å². The normalized spacial score (nSPS) is 10.6. The summed E-state index contributed by atoms with van der Waals surface area (Å²) in [6.07, 6.45) is 1.73. The fraction of sp³-hybridized carbons (Fsp3) is 0.333. The van der Waals surface area contributed by atoms with Gasteiger partial charge in [-0.05, 0) is 25.3 Å². The summed E-state index contributed by atoms with van der Waals surface area (Å²) in [5.74, 6) is 0. The second-order valence-electron chi connectivity index (χ2n) is 4.74. The molecule has 0 aliphatic carbocycles. The van der Waals surface area contributed by atoms with Crippen LogP contribution in [0.1, 0.15) is 23.9 Å². The molecule has 0 atom stereocenters. The van der Waals surface area contributed by atoms with E-state index in [2.05, 4.69) is 29.0 Å². The maximum absolute atomic E-state index is 9.32. The Hall–Kier alpha value is -1.94. The number of aryl methyl sites for hydroxylation is 1. The van der Waals surface area contributed by atoms with Gasteiger partial charge in [-0.15, -0.1) is 5.10 Å². The molecule has 0 saturated heterocycles. The van der Waals surface area contributed by atoms with Crippen molar-refractivity contribution >= 4 is 0 Å². The third-order valence-corrected chi connectivity index (χ3v) is 2.98. The Labute approximate surface area is 113 Å². The zero-order chi connectivity index (χ0) is 13.7. The van der Waals surface area contributed by atoms with Gasteiger partial charge in [0.1, 0.15) is 5.69 Å². The van der Waals surface area contributed by atoms with Crippen LogP contribution in [0.3, 0.4) is 0 Å². The van der Waals surface area contributed by atoms with Crippen molar-refractivity contribution in [3.8, 4) is 0 Å². The van der Waals surface area contributed by atoms with Crippen molar-refractivity contribution in [2.24, 2.45) is 0 Å². The number of benzene rings is 1. The molecule has 0 fully saturated rings. The SMILES string of the molecule is C=C(C)Cn1nnc(CO)c1CCc1ccccc1. The molecule has 0 aliphatic heterocycles. The molecule has 100 valence electrons. The lowest BCUT2D eigenvalue weighted by atomic mass is 10.1. The first-order valence-corrected chi connectivity index (χ1v) is 6.41. The molecule has 0 aliphatic rings. The van der Waals surface area contributed by atoms with Crippen molar-refractivity contribution < 1.29 is 5.11 Å². The lowest BCUT2D eigenvalue weighted by Crippen LogP contribution is -2.08. The molecular formula is C15H19N3O. The van der Waals surface area contributed by atoms with Crippen molar-refractivity contribution in [2.45, 2.75) is 32.9 Å². The van der Waals surface area contributed by atoms with Crippen molar-refractivity contribution in [1.82, 2.24) is 15.0 Å².